The van der Waals surface area contributed by atoms with Crippen LogP contribution in [0.15, 0.2) is 17.5 Å². The van der Waals surface area contributed by atoms with Crippen molar-refractivity contribution in [1.82, 2.24) is 15.5 Å². The molecular formula is C14H23N3OS. The molecule has 0 unspecified atom stereocenters. The molecule has 0 aliphatic carbocycles. The molecule has 2 amide bonds. The van der Waals surface area contributed by atoms with Crippen molar-refractivity contribution >= 4 is 17.4 Å². The van der Waals surface area contributed by atoms with Crippen LogP contribution in [0.4, 0.5) is 4.79 Å². The number of hydrogen-bond donors (Lipinski definition) is 2. The van der Waals surface area contributed by atoms with E-state index >= 15 is 0 Å². The Kier molecular flexibility index (Phi) is 5.66. The molecule has 1 aliphatic rings. The molecule has 4 nitrogen and oxygen atoms in total. The van der Waals surface area contributed by atoms with Gasteiger partial charge in [-0.1, -0.05) is 6.07 Å². The summed E-state index contributed by atoms with van der Waals surface area (Å²) in [5.74, 6) is 0.743. The molecule has 1 aromatic rings. The predicted octanol–water partition coefficient (Wildman–Crippen LogP) is 2.25. The Morgan fingerprint density at radius 1 is 1.42 bits per heavy atom. The SMILES string of the molecule is CCNC(=O)NCCN1CCC(c2cccs2)CC1. The molecule has 0 saturated carbocycles. The number of piperidine rings is 1. The zero-order valence-electron chi connectivity index (χ0n) is 11.5. The molecule has 2 heterocycles. The minimum atomic E-state index is -0.0593. The Morgan fingerprint density at radius 2 is 2.21 bits per heavy atom. The molecule has 0 radical (unpaired) electrons. The van der Waals surface area contributed by atoms with E-state index in [9.17, 15) is 4.79 Å². The first-order valence-corrected chi connectivity index (χ1v) is 7.95. The molecular weight excluding hydrogens is 258 g/mol. The summed E-state index contributed by atoms with van der Waals surface area (Å²) in [7, 11) is 0. The van der Waals surface area contributed by atoms with Crippen LogP contribution in [0, 0.1) is 0 Å². The van der Waals surface area contributed by atoms with Crippen LogP contribution in [-0.4, -0.2) is 43.7 Å². The lowest BCUT2D eigenvalue weighted by Crippen LogP contribution is -2.42. The standard InChI is InChI=1S/C14H23N3OS/c1-2-15-14(18)16-7-10-17-8-5-12(6-9-17)13-4-3-11-19-13/h3-4,11-12H,2,5-10H2,1H3,(H2,15,16,18). The van der Waals surface area contributed by atoms with E-state index in [0.29, 0.717) is 6.54 Å². The van der Waals surface area contributed by atoms with E-state index in [1.807, 2.05) is 18.3 Å². The van der Waals surface area contributed by atoms with E-state index < -0.39 is 0 Å². The first-order chi connectivity index (χ1) is 9.29. The van der Waals surface area contributed by atoms with Crippen LogP contribution >= 0.6 is 11.3 Å². The number of hydrogen-bond acceptors (Lipinski definition) is 3. The summed E-state index contributed by atoms with van der Waals surface area (Å²) in [6, 6.07) is 4.33. The van der Waals surface area contributed by atoms with Gasteiger partial charge in [-0.2, -0.15) is 0 Å². The maximum atomic E-state index is 11.3. The van der Waals surface area contributed by atoms with Crippen LogP contribution in [0.3, 0.4) is 0 Å². The van der Waals surface area contributed by atoms with Crippen molar-refractivity contribution in [2.45, 2.75) is 25.7 Å². The summed E-state index contributed by atoms with van der Waals surface area (Å²) in [6.07, 6.45) is 2.48. The molecule has 0 aromatic carbocycles. The minimum absolute atomic E-state index is 0.0593. The largest absolute Gasteiger partial charge is 0.338 e. The molecule has 2 rings (SSSR count). The maximum absolute atomic E-state index is 11.3. The number of nitrogens with one attached hydrogen (secondary N) is 2. The van der Waals surface area contributed by atoms with Crippen molar-refractivity contribution in [2.24, 2.45) is 0 Å². The Balaban J connectivity index is 1.62. The fourth-order valence-electron chi connectivity index (χ4n) is 2.52. The lowest BCUT2D eigenvalue weighted by Gasteiger charge is -2.31. The van der Waals surface area contributed by atoms with Crippen molar-refractivity contribution < 1.29 is 4.79 Å². The molecule has 1 fully saturated rings. The Hall–Kier alpha value is -1.07. The monoisotopic (exact) mass is 281 g/mol. The first kappa shape index (κ1) is 14.3. The second-order valence-corrected chi connectivity index (χ2v) is 5.90. The van der Waals surface area contributed by atoms with E-state index in [0.717, 1.165) is 32.1 Å². The van der Waals surface area contributed by atoms with Crippen LogP contribution in [-0.2, 0) is 0 Å². The third kappa shape index (κ3) is 4.51. The van der Waals surface area contributed by atoms with Crippen LogP contribution in [0.5, 0.6) is 0 Å². The summed E-state index contributed by atoms with van der Waals surface area (Å²) in [5.41, 5.74) is 0. The predicted molar refractivity (Wildman–Crippen MR) is 79.8 cm³/mol. The fourth-order valence-corrected chi connectivity index (χ4v) is 3.41. The number of rotatable bonds is 5. The van der Waals surface area contributed by atoms with Crippen molar-refractivity contribution in [2.75, 3.05) is 32.7 Å². The Labute approximate surface area is 119 Å². The Morgan fingerprint density at radius 3 is 2.84 bits per heavy atom. The molecule has 0 atom stereocenters. The third-order valence-corrected chi connectivity index (χ3v) is 4.62. The van der Waals surface area contributed by atoms with Gasteiger partial charge in [0.15, 0.2) is 0 Å². The van der Waals surface area contributed by atoms with Crippen molar-refractivity contribution in [3.8, 4) is 0 Å². The minimum Gasteiger partial charge on any atom is -0.338 e. The van der Waals surface area contributed by atoms with Crippen LogP contribution < -0.4 is 10.6 Å². The molecule has 1 saturated heterocycles. The van der Waals surface area contributed by atoms with E-state index in [1.54, 1.807) is 0 Å². The van der Waals surface area contributed by atoms with Gasteiger partial charge in [0.1, 0.15) is 0 Å². The zero-order chi connectivity index (χ0) is 13.5. The summed E-state index contributed by atoms with van der Waals surface area (Å²) in [6.45, 7) is 6.57. The Bertz CT molecular complexity index is 372. The van der Waals surface area contributed by atoms with Gasteiger partial charge in [0.05, 0.1) is 0 Å². The summed E-state index contributed by atoms with van der Waals surface area (Å²) >= 11 is 1.87. The van der Waals surface area contributed by atoms with Crippen molar-refractivity contribution in [1.29, 1.82) is 0 Å². The van der Waals surface area contributed by atoms with Gasteiger partial charge in [0.25, 0.3) is 0 Å². The van der Waals surface area contributed by atoms with Crippen LogP contribution in [0.25, 0.3) is 0 Å². The van der Waals surface area contributed by atoms with Gasteiger partial charge in [-0.3, -0.25) is 0 Å². The van der Waals surface area contributed by atoms with E-state index in [1.165, 1.54) is 17.7 Å². The average molecular weight is 281 g/mol. The number of likely N-dealkylation sites (tertiary alicyclic amines) is 1. The third-order valence-electron chi connectivity index (χ3n) is 3.58. The number of amides is 2. The quantitative estimate of drug-likeness (QED) is 0.869. The highest BCUT2D eigenvalue weighted by atomic mass is 32.1. The van der Waals surface area contributed by atoms with E-state index in [2.05, 4.69) is 33.0 Å². The lowest BCUT2D eigenvalue weighted by molar-refractivity contribution is 0.210. The fraction of sp³-hybridized carbons (Fsp3) is 0.643. The molecule has 106 valence electrons. The zero-order valence-corrected chi connectivity index (χ0v) is 12.3. The lowest BCUT2D eigenvalue weighted by atomic mass is 9.95. The molecule has 19 heavy (non-hydrogen) atoms. The summed E-state index contributed by atoms with van der Waals surface area (Å²) < 4.78 is 0. The van der Waals surface area contributed by atoms with Gasteiger partial charge in [0.2, 0.25) is 0 Å². The number of carbonyl (C=O) groups excluding carboxylic acids is 1. The topological polar surface area (TPSA) is 44.4 Å². The van der Waals surface area contributed by atoms with Crippen molar-refractivity contribution in [3.05, 3.63) is 22.4 Å². The smallest absolute Gasteiger partial charge is 0.314 e. The highest BCUT2D eigenvalue weighted by Crippen LogP contribution is 2.30. The van der Waals surface area contributed by atoms with E-state index in [4.69, 9.17) is 0 Å². The second-order valence-electron chi connectivity index (χ2n) is 4.92. The number of urea groups is 1. The highest BCUT2D eigenvalue weighted by Gasteiger charge is 2.20. The number of carbonyl (C=O) groups is 1. The first-order valence-electron chi connectivity index (χ1n) is 7.07. The van der Waals surface area contributed by atoms with Crippen molar-refractivity contribution in [3.63, 3.8) is 0 Å². The molecule has 1 aliphatic heterocycles. The number of thiophene rings is 1. The highest BCUT2D eigenvalue weighted by molar-refractivity contribution is 7.10. The van der Waals surface area contributed by atoms with Crippen LogP contribution in [0.1, 0.15) is 30.6 Å². The van der Waals surface area contributed by atoms with Gasteiger partial charge in [-0.05, 0) is 50.2 Å². The summed E-state index contributed by atoms with van der Waals surface area (Å²) in [4.78, 5) is 15.2. The normalized spacial score (nSPS) is 17.3. The van der Waals surface area contributed by atoms with Gasteiger partial charge >= 0.3 is 6.03 Å². The second kappa shape index (κ2) is 7.50. The molecule has 5 heteroatoms. The van der Waals surface area contributed by atoms with Gasteiger partial charge < -0.3 is 15.5 Å². The average Bonchev–Trinajstić information content (AvgIpc) is 2.94. The van der Waals surface area contributed by atoms with Gasteiger partial charge in [-0.25, -0.2) is 4.79 Å². The maximum Gasteiger partial charge on any atom is 0.314 e. The molecule has 1 aromatic heterocycles. The molecule has 0 bridgehead atoms. The van der Waals surface area contributed by atoms with Crippen LogP contribution in [0.2, 0.25) is 0 Å². The van der Waals surface area contributed by atoms with Gasteiger partial charge in [0, 0.05) is 24.5 Å². The van der Waals surface area contributed by atoms with E-state index in [-0.39, 0.29) is 6.03 Å². The summed E-state index contributed by atoms with van der Waals surface area (Å²) in [5, 5.41) is 7.79. The van der Waals surface area contributed by atoms with Gasteiger partial charge in [-0.15, -0.1) is 11.3 Å². The molecule has 0 spiro atoms. The molecule has 2 N–H and O–H groups in total. The number of nitrogens with zero attached hydrogens (tertiary/aromatic N) is 1.